The predicted molar refractivity (Wildman–Crippen MR) is 179 cm³/mol. The number of benzene rings is 2. The monoisotopic (exact) mass is 676 g/mol. The number of rotatable bonds is 6. The standard InChI is InChI=1S/C36H39N6O.CH4.Y/c1-23-30(14-10-28-11-15-32(40-34(23)28)27-6-4-3-5-7-27)31-21-42(36-33(31)35(37)38-22-39-36)29-12-8-25(9-13-29)20-41-18-16-26(17-19-41)24(2)43;;/h3-7,10,14-15,21-22,25-26,29H,8-9,12-13,16-20H2,1-2H3,(H2,37,38,39);1H4;/q-1;;. The van der Waals surface area contributed by atoms with Crippen LogP contribution < -0.4 is 5.73 Å². The maximum atomic E-state index is 11.8. The normalized spacial score (nSPS) is 19.2. The maximum absolute atomic E-state index is 11.8. The molecule has 8 heteroatoms. The second-order valence-corrected chi connectivity index (χ2v) is 12.6. The molecular weight excluding hydrogens is 633 g/mol. The van der Waals surface area contributed by atoms with Crippen LogP contribution in [0.25, 0.3) is 44.3 Å². The molecule has 2 fully saturated rings. The summed E-state index contributed by atoms with van der Waals surface area (Å²) >= 11 is 0. The second-order valence-electron chi connectivity index (χ2n) is 12.6. The van der Waals surface area contributed by atoms with E-state index in [1.54, 1.807) is 13.3 Å². The van der Waals surface area contributed by atoms with E-state index in [4.69, 9.17) is 15.7 Å². The maximum Gasteiger partial charge on any atom is 0.146 e. The Labute approximate surface area is 291 Å². The number of likely N-dealkylation sites (tertiary alicyclic amines) is 1. The number of Topliss-reactive ketones (excluding diaryl/α,β-unsaturated/α-hetero) is 1. The molecule has 2 aliphatic rings. The van der Waals surface area contributed by atoms with Crippen LogP contribution >= 0.6 is 0 Å². The van der Waals surface area contributed by atoms with Crippen molar-refractivity contribution in [3.63, 3.8) is 0 Å². The third-order valence-corrected chi connectivity index (χ3v) is 9.91. The van der Waals surface area contributed by atoms with Gasteiger partial charge >= 0.3 is 0 Å². The summed E-state index contributed by atoms with van der Waals surface area (Å²) in [6.07, 6.45) is 10.5. The molecule has 1 saturated heterocycles. The van der Waals surface area contributed by atoms with E-state index in [1.165, 1.54) is 12.8 Å². The summed E-state index contributed by atoms with van der Waals surface area (Å²) in [7, 11) is 0. The molecule has 3 aromatic heterocycles. The number of fused-ring (bicyclic) bond motifs is 2. The van der Waals surface area contributed by atoms with Gasteiger partial charge in [-0.1, -0.05) is 49.4 Å². The van der Waals surface area contributed by atoms with Gasteiger partial charge in [-0.05, 0) is 93.7 Å². The molecule has 45 heavy (non-hydrogen) atoms. The molecule has 7 nitrogen and oxygen atoms in total. The Morgan fingerprint density at radius 1 is 0.978 bits per heavy atom. The van der Waals surface area contributed by atoms with Crippen molar-refractivity contribution in [2.45, 2.75) is 65.8 Å². The van der Waals surface area contributed by atoms with Gasteiger partial charge in [0.15, 0.2) is 0 Å². The van der Waals surface area contributed by atoms with E-state index in [0.717, 1.165) is 95.2 Å². The Kier molecular flexibility index (Phi) is 10.5. The number of aromatic nitrogens is 4. The van der Waals surface area contributed by atoms with Crippen molar-refractivity contribution in [3.8, 4) is 22.4 Å². The molecule has 7 rings (SSSR count). The number of hydrogen-bond donors (Lipinski definition) is 1. The molecule has 1 saturated carbocycles. The molecule has 0 bridgehead atoms. The van der Waals surface area contributed by atoms with Crippen LogP contribution in [-0.2, 0) is 37.5 Å². The fraction of sp³-hybridized carbons (Fsp3) is 0.405. The number of carbonyl (C=O) groups excluding carboxylic acids is 1. The Morgan fingerprint density at radius 2 is 1.71 bits per heavy atom. The third kappa shape index (κ3) is 6.63. The predicted octanol–water partition coefficient (Wildman–Crippen LogP) is 7.67. The van der Waals surface area contributed by atoms with E-state index in [0.29, 0.717) is 23.6 Å². The van der Waals surface area contributed by atoms with E-state index < -0.39 is 0 Å². The van der Waals surface area contributed by atoms with Gasteiger partial charge in [0.05, 0.1) is 5.39 Å². The molecule has 1 aliphatic heterocycles. The molecule has 231 valence electrons. The summed E-state index contributed by atoms with van der Waals surface area (Å²) in [6, 6.07) is 20.3. The smallest absolute Gasteiger partial charge is 0.146 e. The van der Waals surface area contributed by atoms with Crippen molar-refractivity contribution in [2.75, 3.05) is 25.4 Å². The van der Waals surface area contributed by atoms with E-state index in [9.17, 15) is 4.79 Å². The molecular formula is C37H43N6OY-. The molecule has 1 radical (unpaired) electrons. The van der Waals surface area contributed by atoms with E-state index >= 15 is 0 Å². The first-order valence-electron chi connectivity index (χ1n) is 15.7. The van der Waals surface area contributed by atoms with Gasteiger partial charge in [-0.15, -0.1) is 23.6 Å². The zero-order chi connectivity index (χ0) is 29.5. The molecule has 0 amide bonds. The van der Waals surface area contributed by atoms with Crippen molar-refractivity contribution in [1.29, 1.82) is 0 Å². The number of piperidine rings is 1. The van der Waals surface area contributed by atoms with Gasteiger partial charge in [0.25, 0.3) is 0 Å². The van der Waals surface area contributed by atoms with E-state index in [-0.39, 0.29) is 46.1 Å². The number of pyridine rings is 1. The van der Waals surface area contributed by atoms with Crippen LogP contribution in [0.1, 0.15) is 64.5 Å². The van der Waals surface area contributed by atoms with Crippen LogP contribution in [-0.4, -0.2) is 49.8 Å². The third-order valence-electron chi connectivity index (χ3n) is 9.91. The topological polar surface area (TPSA) is 89.9 Å². The Hall–Kier alpha value is -3.00. The average Bonchev–Trinajstić information content (AvgIpc) is 3.43. The molecule has 1 aliphatic carbocycles. The van der Waals surface area contributed by atoms with Gasteiger partial charge in [0, 0.05) is 63.0 Å². The Morgan fingerprint density at radius 3 is 2.42 bits per heavy atom. The molecule has 0 unspecified atom stereocenters. The quantitative estimate of drug-likeness (QED) is 0.186. The molecule has 0 atom stereocenters. The number of anilines is 1. The first-order chi connectivity index (χ1) is 21.0. The second kappa shape index (κ2) is 14.2. The molecule has 4 heterocycles. The van der Waals surface area contributed by atoms with Gasteiger partial charge in [-0.2, -0.15) is 0 Å². The zero-order valence-electron chi connectivity index (χ0n) is 25.7. The average molecular weight is 677 g/mol. The SMILES string of the molecule is C.CC(=O)C1CCN(CC2CCC(n3cc(-c4ccc5[c-]cc(-c6ccccc6)nc5c4C)c4c(N)ncnc43)CC2)CC1.[Y]. The van der Waals surface area contributed by atoms with Gasteiger partial charge in [-0.3, -0.25) is 4.79 Å². The number of nitrogens with two attached hydrogens (primary N) is 1. The first kappa shape index (κ1) is 33.4. The van der Waals surface area contributed by atoms with Crippen LogP contribution in [0.3, 0.4) is 0 Å². The van der Waals surface area contributed by atoms with Crippen LogP contribution in [0.4, 0.5) is 5.82 Å². The number of carbonyl (C=O) groups is 1. The van der Waals surface area contributed by atoms with E-state index in [1.807, 2.05) is 24.3 Å². The summed E-state index contributed by atoms with van der Waals surface area (Å²) < 4.78 is 2.36. The van der Waals surface area contributed by atoms with Crippen LogP contribution in [0.15, 0.2) is 61.1 Å². The minimum Gasteiger partial charge on any atom is -0.383 e. The van der Waals surface area contributed by atoms with Crippen LogP contribution in [0.5, 0.6) is 0 Å². The number of ketones is 1. The zero-order valence-corrected chi connectivity index (χ0v) is 28.5. The molecule has 2 N–H and O–H groups in total. The fourth-order valence-electron chi connectivity index (χ4n) is 7.39. The van der Waals surface area contributed by atoms with Gasteiger partial charge in [0.2, 0.25) is 0 Å². The molecule has 2 aromatic carbocycles. The van der Waals surface area contributed by atoms with Crippen molar-refractivity contribution in [2.24, 2.45) is 11.8 Å². The van der Waals surface area contributed by atoms with Crippen molar-refractivity contribution >= 4 is 33.5 Å². The minimum atomic E-state index is 0. The summed E-state index contributed by atoms with van der Waals surface area (Å²) in [5.41, 5.74) is 13.7. The van der Waals surface area contributed by atoms with Gasteiger partial charge < -0.3 is 20.2 Å². The minimum absolute atomic E-state index is 0. The fourth-order valence-corrected chi connectivity index (χ4v) is 7.39. The van der Waals surface area contributed by atoms with Crippen molar-refractivity contribution in [3.05, 3.63) is 72.7 Å². The van der Waals surface area contributed by atoms with Gasteiger partial charge in [0.1, 0.15) is 23.6 Å². The number of nitrogens with zero attached hydrogens (tertiary/aromatic N) is 5. The summed E-state index contributed by atoms with van der Waals surface area (Å²) in [6.45, 7) is 7.14. The first-order valence-corrected chi connectivity index (χ1v) is 15.7. The summed E-state index contributed by atoms with van der Waals surface area (Å²) in [5, 5.41) is 1.92. The van der Waals surface area contributed by atoms with Gasteiger partial charge in [-0.25, -0.2) is 9.97 Å². The Balaban J connectivity index is 0.00000200. The summed E-state index contributed by atoms with van der Waals surface area (Å²) in [4.78, 5) is 28.6. The molecule has 0 spiro atoms. The number of aryl methyl sites for hydroxylation is 1. The van der Waals surface area contributed by atoms with Crippen molar-refractivity contribution in [1.82, 2.24) is 24.4 Å². The van der Waals surface area contributed by atoms with Crippen molar-refractivity contribution < 1.29 is 37.5 Å². The number of hydrogen-bond acceptors (Lipinski definition) is 6. The van der Waals surface area contributed by atoms with Crippen LogP contribution in [0, 0.1) is 24.8 Å². The van der Waals surface area contributed by atoms with E-state index in [2.05, 4.69) is 57.9 Å². The number of nitrogen functional groups attached to an aromatic ring is 1. The Bertz CT molecular complexity index is 1790. The largest absolute Gasteiger partial charge is 0.383 e. The molecule has 5 aromatic rings. The van der Waals surface area contributed by atoms with Crippen LogP contribution in [0.2, 0.25) is 0 Å². The summed E-state index contributed by atoms with van der Waals surface area (Å²) in [5.74, 6) is 1.84.